The molecule has 0 aliphatic rings. The number of hydrogen-bond acceptors (Lipinski definition) is 1. The first-order valence-electron chi connectivity index (χ1n) is 6.09. The zero-order valence-corrected chi connectivity index (χ0v) is 10.00. The van der Waals surface area contributed by atoms with Crippen molar-refractivity contribution >= 4 is 0 Å². The average Bonchev–Trinajstić information content (AvgIpc) is 2.18. The molecule has 84 valence electrons. The second-order valence-corrected chi connectivity index (χ2v) is 3.98. The summed E-state index contributed by atoms with van der Waals surface area (Å²) in [4.78, 5) is 0. The van der Waals surface area contributed by atoms with E-state index in [0.29, 0.717) is 5.92 Å². The van der Waals surface area contributed by atoms with Gasteiger partial charge in [0.25, 0.3) is 0 Å². The first kappa shape index (κ1) is 13.7. The fourth-order valence-electron chi connectivity index (χ4n) is 1.79. The molecule has 0 aromatic heterocycles. The highest BCUT2D eigenvalue weighted by Gasteiger charge is 2.14. The number of hydrogen-bond donors (Lipinski definition) is 1. The fourth-order valence-corrected chi connectivity index (χ4v) is 1.79. The highest BCUT2D eigenvalue weighted by atomic mass is 16.3. The Morgan fingerprint density at radius 3 is 2.29 bits per heavy atom. The van der Waals surface area contributed by atoms with E-state index in [-0.39, 0.29) is 6.10 Å². The molecule has 0 amide bonds. The molecule has 0 aliphatic carbocycles. The van der Waals surface area contributed by atoms with E-state index in [1.54, 1.807) is 0 Å². The lowest BCUT2D eigenvalue weighted by atomic mass is 9.91. The largest absolute Gasteiger partial charge is 0.393 e. The van der Waals surface area contributed by atoms with Crippen LogP contribution in [-0.4, -0.2) is 11.2 Å². The molecular weight excluding hydrogens is 172 g/mol. The van der Waals surface area contributed by atoms with Crippen LogP contribution in [0.3, 0.4) is 0 Å². The summed E-state index contributed by atoms with van der Waals surface area (Å²) in [5.74, 6) is 0.497. The molecule has 0 fully saturated rings. The molecule has 0 rings (SSSR count). The van der Waals surface area contributed by atoms with Crippen LogP contribution in [-0.2, 0) is 0 Å². The summed E-state index contributed by atoms with van der Waals surface area (Å²) in [5.41, 5.74) is 0. The lowest BCUT2D eigenvalue weighted by Gasteiger charge is -2.20. The van der Waals surface area contributed by atoms with Crippen molar-refractivity contribution in [2.24, 2.45) is 5.92 Å². The number of rotatable bonds is 8. The van der Waals surface area contributed by atoms with Crippen LogP contribution < -0.4 is 0 Å². The smallest absolute Gasteiger partial charge is 0.0568 e. The number of aliphatic hydroxyl groups is 1. The maximum atomic E-state index is 9.84. The molecule has 0 aliphatic heterocycles. The molecular formula is C13H26O. The number of allylic oxidation sites excluding steroid dienone is 2. The van der Waals surface area contributed by atoms with Gasteiger partial charge in [-0.3, -0.25) is 0 Å². The molecule has 2 atom stereocenters. The molecule has 0 heterocycles. The van der Waals surface area contributed by atoms with Gasteiger partial charge in [0.15, 0.2) is 0 Å². The molecule has 0 aromatic rings. The summed E-state index contributed by atoms with van der Waals surface area (Å²) in [7, 11) is 0. The van der Waals surface area contributed by atoms with Gasteiger partial charge in [-0.15, -0.1) is 0 Å². The Hall–Kier alpha value is -0.300. The van der Waals surface area contributed by atoms with Crippen molar-refractivity contribution < 1.29 is 5.11 Å². The molecule has 1 heteroatoms. The Morgan fingerprint density at radius 1 is 1.07 bits per heavy atom. The van der Waals surface area contributed by atoms with Crippen LogP contribution in [0, 0.1) is 5.92 Å². The zero-order chi connectivity index (χ0) is 10.8. The van der Waals surface area contributed by atoms with Crippen LogP contribution in [0.25, 0.3) is 0 Å². The van der Waals surface area contributed by atoms with Gasteiger partial charge in [-0.25, -0.2) is 0 Å². The first-order chi connectivity index (χ1) is 6.76. The van der Waals surface area contributed by atoms with Crippen molar-refractivity contribution in [3.05, 3.63) is 12.2 Å². The predicted molar refractivity (Wildman–Crippen MR) is 63.4 cm³/mol. The lowest BCUT2D eigenvalue weighted by Crippen LogP contribution is -2.19. The van der Waals surface area contributed by atoms with Gasteiger partial charge < -0.3 is 5.11 Å². The second kappa shape index (κ2) is 9.26. The molecule has 1 N–H and O–H groups in total. The van der Waals surface area contributed by atoms with Crippen molar-refractivity contribution in [3.8, 4) is 0 Å². The maximum Gasteiger partial charge on any atom is 0.0568 e. The quantitative estimate of drug-likeness (QED) is 0.586. The topological polar surface area (TPSA) is 20.2 Å². The Kier molecular flexibility index (Phi) is 9.06. The van der Waals surface area contributed by atoms with Crippen LogP contribution in [0.4, 0.5) is 0 Å². The minimum Gasteiger partial charge on any atom is -0.393 e. The fraction of sp³-hybridized carbons (Fsp3) is 0.846. The third-order valence-electron chi connectivity index (χ3n) is 2.76. The summed E-state index contributed by atoms with van der Waals surface area (Å²) < 4.78 is 0. The summed E-state index contributed by atoms with van der Waals surface area (Å²) in [5, 5.41) is 9.84. The predicted octanol–water partition coefficient (Wildman–Crippen LogP) is 3.92. The summed E-state index contributed by atoms with van der Waals surface area (Å²) in [6, 6.07) is 0. The van der Waals surface area contributed by atoms with E-state index in [0.717, 1.165) is 38.5 Å². The average molecular weight is 198 g/mol. The third-order valence-corrected chi connectivity index (χ3v) is 2.76. The minimum absolute atomic E-state index is 0.0833. The van der Waals surface area contributed by atoms with Gasteiger partial charge >= 0.3 is 0 Å². The summed E-state index contributed by atoms with van der Waals surface area (Å²) in [6.45, 7) is 6.46. The SMILES string of the molecule is CCC=CCCC(CC)C(O)CCC. The van der Waals surface area contributed by atoms with E-state index in [1.807, 2.05) is 0 Å². The number of aliphatic hydroxyl groups excluding tert-OH is 1. The monoisotopic (exact) mass is 198 g/mol. The Labute approximate surface area is 89.2 Å². The van der Waals surface area contributed by atoms with Gasteiger partial charge in [-0.1, -0.05) is 45.8 Å². The molecule has 0 saturated carbocycles. The summed E-state index contributed by atoms with van der Waals surface area (Å²) >= 11 is 0. The second-order valence-electron chi connectivity index (χ2n) is 3.98. The Balaban J connectivity index is 3.72. The van der Waals surface area contributed by atoms with Crippen LogP contribution >= 0.6 is 0 Å². The molecule has 0 radical (unpaired) electrons. The van der Waals surface area contributed by atoms with E-state index < -0.39 is 0 Å². The van der Waals surface area contributed by atoms with Gasteiger partial charge in [-0.05, 0) is 31.6 Å². The Bertz CT molecular complexity index is 140. The normalized spacial score (nSPS) is 16.0. The van der Waals surface area contributed by atoms with Gasteiger partial charge in [0, 0.05) is 0 Å². The maximum absolute atomic E-state index is 9.84. The molecule has 0 bridgehead atoms. The van der Waals surface area contributed by atoms with E-state index in [9.17, 15) is 5.11 Å². The molecule has 14 heavy (non-hydrogen) atoms. The zero-order valence-electron chi connectivity index (χ0n) is 10.00. The van der Waals surface area contributed by atoms with Crippen LogP contribution in [0.15, 0.2) is 12.2 Å². The first-order valence-corrected chi connectivity index (χ1v) is 6.09. The standard InChI is InChI=1S/C13H26O/c1-4-7-8-9-11-12(6-3)13(14)10-5-2/h7-8,12-14H,4-6,9-11H2,1-3H3. The highest BCUT2D eigenvalue weighted by molar-refractivity contribution is 4.81. The van der Waals surface area contributed by atoms with Crippen molar-refractivity contribution in [1.29, 1.82) is 0 Å². The van der Waals surface area contributed by atoms with Gasteiger partial charge in [-0.2, -0.15) is 0 Å². The minimum atomic E-state index is -0.0833. The van der Waals surface area contributed by atoms with E-state index in [2.05, 4.69) is 32.9 Å². The van der Waals surface area contributed by atoms with Crippen molar-refractivity contribution in [2.75, 3.05) is 0 Å². The van der Waals surface area contributed by atoms with Gasteiger partial charge in [0.2, 0.25) is 0 Å². The molecule has 0 aromatic carbocycles. The van der Waals surface area contributed by atoms with E-state index in [4.69, 9.17) is 0 Å². The van der Waals surface area contributed by atoms with Crippen LogP contribution in [0.2, 0.25) is 0 Å². The van der Waals surface area contributed by atoms with Crippen LogP contribution in [0.5, 0.6) is 0 Å². The molecule has 2 unspecified atom stereocenters. The van der Waals surface area contributed by atoms with Crippen molar-refractivity contribution in [3.63, 3.8) is 0 Å². The van der Waals surface area contributed by atoms with E-state index >= 15 is 0 Å². The van der Waals surface area contributed by atoms with Crippen molar-refractivity contribution in [2.45, 2.75) is 65.4 Å². The highest BCUT2D eigenvalue weighted by Crippen LogP contribution is 2.19. The molecule has 0 spiro atoms. The van der Waals surface area contributed by atoms with Gasteiger partial charge in [0.1, 0.15) is 0 Å². The molecule has 1 nitrogen and oxygen atoms in total. The van der Waals surface area contributed by atoms with Crippen molar-refractivity contribution in [1.82, 2.24) is 0 Å². The van der Waals surface area contributed by atoms with Gasteiger partial charge in [0.05, 0.1) is 6.10 Å². The Morgan fingerprint density at radius 2 is 1.79 bits per heavy atom. The lowest BCUT2D eigenvalue weighted by molar-refractivity contribution is 0.0913. The third kappa shape index (κ3) is 6.20. The van der Waals surface area contributed by atoms with Crippen LogP contribution in [0.1, 0.15) is 59.3 Å². The van der Waals surface area contributed by atoms with E-state index in [1.165, 1.54) is 0 Å². The summed E-state index contributed by atoms with van der Waals surface area (Å²) in [6.07, 6.45) is 10.9. The molecule has 0 saturated heterocycles.